The van der Waals surface area contributed by atoms with E-state index in [0.717, 1.165) is 40.5 Å². The van der Waals surface area contributed by atoms with Gasteiger partial charge in [0.2, 0.25) is 0 Å². The molecule has 0 amide bonds. The van der Waals surface area contributed by atoms with Crippen LogP contribution in [0.2, 0.25) is 0 Å². The van der Waals surface area contributed by atoms with Crippen LogP contribution in [0.3, 0.4) is 0 Å². The van der Waals surface area contributed by atoms with Crippen LogP contribution >= 0.6 is 11.3 Å². The van der Waals surface area contributed by atoms with E-state index in [-0.39, 0.29) is 6.04 Å². The van der Waals surface area contributed by atoms with Crippen molar-refractivity contribution in [2.24, 2.45) is 0 Å². The van der Waals surface area contributed by atoms with E-state index in [1.165, 1.54) is 0 Å². The van der Waals surface area contributed by atoms with Gasteiger partial charge in [-0.15, -0.1) is 11.3 Å². The van der Waals surface area contributed by atoms with E-state index in [0.29, 0.717) is 6.04 Å². The number of piperazine rings is 1. The van der Waals surface area contributed by atoms with E-state index in [4.69, 9.17) is 10.7 Å². The predicted octanol–water partition coefficient (Wildman–Crippen LogP) is 2.81. The van der Waals surface area contributed by atoms with Gasteiger partial charge in [0, 0.05) is 30.7 Å². The van der Waals surface area contributed by atoms with Crippen LogP contribution in [0.5, 0.6) is 0 Å². The molecular weight excluding hydrogens is 306 g/mol. The maximum atomic E-state index is 6.15. The summed E-state index contributed by atoms with van der Waals surface area (Å²) in [6.45, 7) is 3.92. The van der Waals surface area contributed by atoms with Crippen molar-refractivity contribution < 1.29 is 0 Å². The van der Waals surface area contributed by atoms with Crippen molar-refractivity contribution in [3.05, 3.63) is 47.7 Å². The summed E-state index contributed by atoms with van der Waals surface area (Å²) in [5.41, 5.74) is 8.05. The van der Waals surface area contributed by atoms with Crippen molar-refractivity contribution in [1.29, 1.82) is 0 Å². The third kappa shape index (κ3) is 2.75. The second-order valence-corrected chi connectivity index (χ2v) is 6.89. The Balaban J connectivity index is 1.65. The number of thiophene rings is 1. The highest BCUT2D eigenvalue weighted by atomic mass is 32.1. The molecule has 1 saturated heterocycles. The SMILES string of the molecule is CC1CN(c2ccccc2N)CC(c2ncc3ccsc3n2)N1. The van der Waals surface area contributed by atoms with Crippen molar-refractivity contribution in [1.82, 2.24) is 15.3 Å². The minimum absolute atomic E-state index is 0.102. The van der Waals surface area contributed by atoms with E-state index in [1.54, 1.807) is 11.3 Å². The van der Waals surface area contributed by atoms with Gasteiger partial charge in [-0.25, -0.2) is 9.97 Å². The Morgan fingerprint density at radius 1 is 1.26 bits per heavy atom. The number of nitrogens with one attached hydrogen (secondary N) is 1. The molecule has 1 aliphatic rings. The number of rotatable bonds is 2. The Morgan fingerprint density at radius 2 is 2.13 bits per heavy atom. The van der Waals surface area contributed by atoms with Crippen LogP contribution in [0, 0.1) is 0 Å². The molecular formula is C17H19N5S. The van der Waals surface area contributed by atoms with Gasteiger partial charge in [0.1, 0.15) is 10.7 Å². The van der Waals surface area contributed by atoms with E-state index in [2.05, 4.69) is 39.6 Å². The number of nitrogen functional groups attached to an aromatic ring is 1. The molecule has 5 nitrogen and oxygen atoms in total. The number of para-hydroxylation sites is 2. The van der Waals surface area contributed by atoms with Crippen molar-refractivity contribution in [2.75, 3.05) is 23.7 Å². The van der Waals surface area contributed by atoms with Gasteiger partial charge in [-0.05, 0) is 30.5 Å². The fraction of sp³-hybridized carbons (Fsp3) is 0.294. The molecule has 3 N–H and O–H groups in total. The quantitative estimate of drug-likeness (QED) is 0.709. The molecule has 3 aromatic rings. The highest BCUT2D eigenvalue weighted by molar-refractivity contribution is 7.16. The minimum atomic E-state index is 0.102. The number of anilines is 2. The zero-order valence-corrected chi connectivity index (χ0v) is 13.8. The molecule has 118 valence electrons. The third-order valence-electron chi connectivity index (χ3n) is 4.20. The van der Waals surface area contributed by atoms with Crippen molar-refractivity contribution in [3.8, 4) is 0 Å². The number of fused-ring (bicyclic) bond motifs is 1. The van der Waals surface area contributed by atoms with Gasteiger partial charge < -0.3 is 16.0 Å². The average Bonchev–Trinajstić information content (AvgIpc) is 3.02. The molecule has 0 aliphatic carbocycles. The van der Waals surface area contributed by atoms with Crippen molar-refractivity contribution >= 4 is 32.9 Å². The summed E-state index contributed by atoms with van der Waals surface area (Å²) in [5.74, 6) is 0.853. The number of nitrogens with zero attached hydrogens (tertiary/aromatic N) is 3. The Morgan fingerprint density at radius 3 is 3.00 bits per heavy atom. The molecule has 6 heteroatoms. The highest BCUT2D eigenvalue weighted by Gasteiger charge is 2.28. The molecule has 0 radical (unpaired) electrons. The van der Waals surface area contributed by atoms with Crippen LogP contribution < -0.4 is 16.0 Å². The molecule has 23 heavy (non-hydrogen) atoms. The highest BCUT2D eigenvalue weighted by Crippen LogP contribution is 2.28. The first kappa shape index (κ1) is 14.4. The number of hydrogen-bond acceptors (Lipinski definition) is 6. The van der Waals surface area contributed by atoms with Crippen molar-refractivity contribution in [2.45, 2.75) is 19.0 Å². The Hall–Kier alpha value is -2.18. The number of nitrogens with two attached hydrogens (primary N) is 1. The number of hydrogen-bond donors (Lipinski definition) is 2. The lowest BCUT2D eigenvalue weighted by Gasteiger charge is -2.38. The topological polar surface area (TPSA) is 67.1 Å². The maximum absolute atomic E-state index is 6.15. The summed E-state index contributed by atoms with van der Waals surface area (Å²) in [4.78, 5) is 12.7. The van der Waals surface area contributed by atoms with E-state index in [9.17, 15) is 0 Å². The molecule has 0 saturated carbocycles. The van der Waals surface area contributed by atoms with E-state index < -0.39 is 0 Å². The molecule has 2 unspecified atom stereocenters. The van der Waals surface area contributed by atoms with Crippen LogP contribution in [-0.2, 0) is 0 Å². The van der Waals surface area contributed by atoms with Crippen LogP contribution in [-0.4, -0.2) is 29.1 Å². The number of benzene rings is 1. The van der Waals surface area contributed by atoms with Gasteiger partial charge in [0.05, 0.1) is 17.4 Å². The van der Waals surface area contributed by atoms with Gasteiger partial charge in [0.25, 0.3) is 0 Å². The van der Waals surface area contributed by atoms with Crippen LogP contribution in [0.1, 0.15) is 18.8 Å². The lowest BCUT2D eigenvalue weighted by molar-refractivity contribution is 0.384. The van der Waals surface area contributed by atoms with Gasteiger partial charge in [-0.2, -0.15) is 0 Å². The summed E-state index contributed by atoms with van der Waals surface area (Å²) in [5, 5.41) is 6.76. The van der Waals surface area contributed by atoms with Gasteiger partial charge >= 0.3 is 0 Å². The smallest absolute Gasteiger partial charge is 0.148 e. The lowest BCUT2D eigenvalue weighted by atomic mass is 10.1. The molecule has 1 aliphatic heterocycles. The largest absolute Gasteiger partial charge is 0.397 e. The standard InChI is InChI=1S/C17H19N5S/c1-11-9-22(15-5-3-2-4-13(15)18)10-14(20-11)16-19-8-12-6-7-23-17(12)21-16/h2-8,11,14,20H,9-10,18H2,1H3. The monoisotopic (exact) mass is 325 g/mol. The zero-order valence-electron chi connectivity index (χ0n) is 12.9. The minimum Gasteiger partial charge on any atom is -0.397 e. The second-order valence-electron chi connectivity index (χ2n) is 5.99. The molecule has 3 heterocycles. The summed E-state index contributed by atoms with van der Waals surface area (Å²) in [6.07, 6.45) is 1.91. The zero-order chi connectivity index (χ0) is 15.8. The van der Waals surface area contributed by atoms with Crippen LogP contribution in [0.4, 0.5) is 11.4 Å². The molecule has 1 fully saturated rings. The first-order valence-electron chi connectivity index (χ1n) is 7.76. The Bertz CT molecular complexity index is 830. The molecule has 2 aromatic heterocycles. The Labute approximate surface area is 139 Å². The second kappa shape index (κ2) is 5.79. The maximum Gasteiger partial charge on any atom is 0.148 e. The van der Waals surface area contributed by atoms with Gasteiger partial charge in [-0.3, -0.25) is 0 Å². The number of aromatic nitrogens is 2. The average molecular weight is 325 g/mol. The summed E-state index contributed by atoms with van der Waals surface area (Å²) >= 11 is 1.65. The normalized spacial score (nSPS) is 21.7. The summed E-state index contributed by atoms with van der Waals surface area (Å²) in [7, 11) is 0. The molecule has 4 rings (SSSR count). The lowest BCUT2D eigenvalue weighted by Crippen LogP contribution is -2.51. The predicted molar refractivity (Wildman–Crippen MR) is 95.8 cm³/mol. The van der Waals surface area contributed by atoms with Gasteiger partial charge in [-0.1, -0.05) is 12.1 Å². The van der Waals surface area contributed by atoms with Crippen LogP contribution in [0.15, 0.2) is 41.9 Å². The fourth-order valence-corrected chi connectivity index (χ4v) is 3.89. The first-order valence-corrected chi connectivity index (χ1v) is 8.64. The summed E-state index contributed by atoms with van der Waals surface area (Å²) in [6, 6.07) is 10.5. The van der Waals surface area contributed by atoms with Crippen molar-refractivity contribution in [3.63, 3.8) is 0 Å². The molecule has 0 spiro atoms. The van der Waals surface area contributed by atoms with Crippen LogP contribution in [0.25, 0.3) is 10.2 Å². The fourth-order valence-electron chi connectivity index (χ4n) is 3.14. The summed E-state index contributed by atoms with van der Waals surface area (Å²) < 4.78 is 0. The molecule has 0 bridgehead atoms. The third-order valence-corrected chi connectivity index (χ3v) is 5.02. The van der Waals surface area contributed by atoms with Gasteiger partial charge in [0.15, 0.2) is 0 Å². The molecule has 1 aromatic carbocycles. The Kier molecular flexibility index (Phi) is 3.63. The molecule has 2 atom stereocenters. The first-order chi connectivity index (χ1) is 11.2. The van der Waals surface area contributed by atoms with E-state index in [1.807, 2.05) is 24.4 Å². The van der Waals surface area contributed by atoms with E-state index >= 15 is 0 Å².